The van der Waals surface area contributed by atoms with Crippen LogP contribution in [-0.2, 0) is 6.54 Å². The Balaban J connectivity index is 2.13. The smallest absolute Gasteiger partial charge is 0.279 e. The van der Waals surface area contributed by atoms with Gasteiger partial charge in [-0.25, -0.2) is 0 Å². The van der Waals surface area contributed by atoms with Crippen LogP contribution in [0.4, 0.5) is 0 Å². The van der Waals surface area contributed by atoms with Gasteiger partial charge in [0.05, 0.1) is 10.2 Å². The van der Waals surface area contributed by atoms with Gasteiger partial charge in [-0.3, -0.25) is 4.79 Å². The van der Waals surface area contributed by atoms with Crippen molar-refractivity contribution in [2.75, 3.05) is 0 Å². The van der Waals surface area contributed by atoms with E-state index in [1.165, 1.54) is 11.3 Å². The third-order valence-corrected chi connectivity index (χ3v) is 5.31. The molecule has 116 valence electrons. The first kappa shape index (κ1) is 16.4. The number of nitrogens with zero attached hydrogens (tertiary/aromatic N) is 2. The average molecular weight is 452 g/mol. The lowest BCUT2D eigenvalue weighted by molar-refractivity contribution is 0.0998. The largest absolute Gasteiger partial charge is 0.312 e. The van der Waals surface area contributed by atoms with Crippen LogP contribution >= 0.6 is 43.2 Å². The number of aromatic nitrogens is 1. The van der Waals surface area contributed by atoms with Crippen molar-refractivity contribution in [2.45, 2.75) is 6.54 Å². The van der Waals surface area contributed by atoms with Gasteiger partial charge >= 0.3 is 0 Å². The molecule has 0 radical (unpaired) electrons. The Bertz CT molecular complexity index is 955. The molecule has 0 bridgehead atoms. The second-order valence-corrected chi connectivity index (χ2v) is 7.66. The fourth-order valence-corrected chi connectivity index (χ4v) is 4.04. The van der Waals surface area contributed by atoms with Gasteiger partial charge in [-0.15, -0.1) is 6.58 Å². The van der Waals surface area contributed by atoms with E-state index in [0.717, 1.165) is 19.2 Å². The lowest BCUT2D eigenvalue weighted by atomic mass is 10.2. The molecule has 2 aromatic carbocycles. The summed E-state index contributed by atoms with van der Waals surface area (Å²) >= 11 is 8.33. The minimum atomic E-state index is -0.249. The number of hydrogen-bond donors (Lipinski definition) is 0. The molecule has 0 saturated carbocycles. The fraction of sp³-hybridized carbons (Fsp3) is 0.0588. The fourth-order valence-electron chi connectivity index (χ4n) is 2.18. The van der Waals surface area contributed by atoms with Gasteiger partial charge in [0.25, 0.3) is 5.91 Å². The number of carbonyl (C=O) groups is 1. The molecular weight excluding hydrogens is 440 g/mol. The maximum atomic E-state index is 12.4. The number of carbonyl (C=O) groups excluding carboxylic acids is 1. The van der Waals surface area contributed by atoms with Crippen LogP contribution in [0.5, 0.6) is 0 Å². The monoisotopic (exact) mass is 450 g/mol. The normalized spacial score (nSPS) is 11.8. The zero-order valence-electron chi connectivity index (χ0n) is 12.0. The first-order chi connectivity index (χ1) is 11.1. The van der Waals surface area contributed by atoms with Crippen molar-refractivity contribution in [3.8, 4) is 0 Å². The Morgan fingerprint density at radius 2 is 1.87 bits per heavy atom. The van der Waals surface area contributed by atoms with Crippen molar-refractivity contribution >= 4 is 59.3 Å². The van der Waals surface area contributed by atoms with Crippen LogP contribution in [0.2, 0.25) is 0 Å². The Hall–Kier alpha value is -1.50. The van der Waals surface area contributed by atoms with E-state index in [9.17, 15) is 4.79 Å². The maximum absolute atomic E-state index is 12.4. The summed E-state index contributed by atoms with van der Waals surface area (Å²) in [5.74, 6) is -0.249. The molecular formula is C17H12Br2N2OS. The van der Waals surface area contributed by atoms with Crippen molar-refractivity contribution in [1.29, 1.82) is 0 Å². The summed E-state index contributed by atoms with van der Waals surface area (Å²) in [6, 6.07) is 13.2. The highest BCUT2D eigenvalue weighted by Gasteiger charge is 2.09. The zero-order chi connectivity index (χ0) is 16.4. The molecule has 3 nitrogen and oxygen atoms in total. The van der Waals surface area contributed by atoms with Gasteiger partial charge in [-0.1, -0.05) is 49.3 Å². The van der Waals surface area contributed by atoms with Crippen LogP contribution < -0.4 is 4.80 Å². The number of hydrogen-bond acceptors (Lipinski definition) is 2. The van der Waals surface area contributed by atoms with Crippen LogP contribution in [0.1, 0.15) is 10.4 Å². The standard InChI is InChI=1S/C17H12Br2N2OS/c1-2-9-21-14-8-7-13(19)10-15(14)23-17(21)20-16(22)11-3-5-12(18)6-4-11/h2-8,10H,1,9H2. The summed E-state index contributed by atoms with van der Waals surface area (Å²) in [7, 11) is 0. The summed E-state index contributed by atoms with van der Waals surface area (Å²) in [6.07, 6.45) is 1.80. The molecule has 0 aliphatic carbocycles. The Labute approximate surface area is 154 Å². The predicted molar refractivity (Wildman–Crippen MR) is 102 cm³/mol. The highest BCUT2D eigenvalue weighted by Crippen LogP contribution is 2.22. The Kier molecular flexibility index (Phi) is 4.94. The predicted octanol–water partition coefficient (Wildman–Crippen LogP) is 5.15. The number of fused-ring (bicyclic) bond motifs is 1. The van der Waals surface area contributed by atoms with Gasteiger partial charge in [0.2, 0.25) is 0 Å². The number of halogens is 2. The second-order valence-electron chi connectivity index (χ2n) is 4.82. The molecule has 0 atom stereocenters. The summed E-state index contributed by atoms with van der Waals surface area (Å²) in [5.41, 5.74) is 1.61. The number of benzene rings is 2. The minimum absolute atomic E-state index is 0.249. The van der Waals surface area contributed by atoms with Crippen molar-refractivity contribution in [3.05, 3.63) is 74.4 Å². The maximum Gasteiger partial charge on any atom is 0.279 e. The molecule has 1 amide bonds. The number of thiazole rings is 1. The molecule has 6 heteroatoms. The van der Waals surface area contributed by atoms with Gasteiger partial charge in [-0.05, 0) is 42.5 Å². The highest BCUT2D eigenvalue weighted by atomic mass is 79.9. The number of allylic oxidation sites excluding steroid dienone is 1. The molecule has 3 rings (SSSR count). The van der Waals surface area contributed by atoms with E-state index < -0.39 is 0 Å². The minimum Gasteiger partial charge on any atom is -0.312 e. The van der Waals surface area contributed by atoms with E-state index in [2.05, 4.69) is 43.4 Å². The Morgan fingerprint density at radius 1 is 1.17 bits per heavy atom. The zero-order valence-corrected chi connectivity index (χ0v) is 16.0. The molecule has 23 heavy (non-hydrogen) atoms. The molecule has 0 fully saturated rings. The van der Waals surface area contributed by atoms with Crippen LogP contribution in [0.25, 0.3) is 10.2 Å². The summed E-state index contributed by atoms with van der Waals surface area (Å²) in [4.78, 5) is 17.4. The van der Waals surface area contributed by atoms with Crippen LogP contribution in [0, 0.1) is 0 Å². The van der Waals surface area contributed by atoms with Gasteiger partial charge in [0.15, 0.2) is 4.80 Å². The van der Waals surface area contributed by atoms with Crippen LogP contribution in [0.3, 0.4) is 0 Å². The molecule has 1 heterocycles. The van der Waals surface area contributed by atoms with Gasteiger partial charge in [0, 0.05) is 21.1 Å². The topological polar surface area (TPSA) is 34.4 Å². The van der Waals surface area contributed by atoms with E-state index in [1.807, 2.05) is 34.9 Å². The summed E-state index contributed by atoms with van der Waals surface area (Å²) in [6.45, 7) is 4.40. The lowest BCUT2D eigenvalue weighted by Crippen LogP contribution is -2.16. The first-order valence-corrected chi connectivity index (χ1v) is 9.23. The third kappa shape index (κ3) is 3.54. The van der Waals surface area contributed by atoms with Crippen LogP contribution in [0.15, 0.2) is 69.1 Å². The molecule has 0 saturated heterocycles. The molecule has 3 aromatic rings. The van der Waals surface area contributed by atoms with Gasteiger partial charge in [-0.2, -0.15) is 4.99 Å². The van der Waals surface area contributed by atoms with E-state index >= 15 is 0 Å². The Morgan fingerprint density at radius 3 is 2.57 bits per heavy atom. The summed E-state index contributed by atoms with van der Waals surface area (Å²) in [5, 5.41) is 0. The quantitative estimate of drug-likeness (QED) is 0.506. The molecule has 1 aromatic heterocycles. The van der Waals surface area contributed by atoms with Crippen molar-refractivity contribution < 1.29 is 4.79 Å². The van der Waals surface area contributed by atoms with Crippen molar-refractivity contribution in [2.24, 2.45) is 4.99 Å². The van der Waals surface area contributed by atoms with E-state index in [4.69, 9.17) is 0 Å². The second kappa shape index (κ2) is 6.95. The van der Waals surface area contributed by atoms with E-state index in [0.29, 0.717) is 16.9 Å². The van der Waals surface area contributed by atoms with Crippen LogP contribution in [-0.4, -0.2) is 10.5 Å². The molecule has 0 aliphatic heterocycles. The lowest BCUT2D eigenvalue weighted by Gasteiger charge is -2.01. The van der Waals surface area contributed by atoms with E-state index in [-0.39, 0.29) is 5.91 Å². The number of amides is 1. The van der Waals surface area contributed by atoms with Crippen molar-refractivity contribution in [3.63, 3.8) is 0 Å². The van der Waals surface area contributed by atoms with Gasteiger partial charge < -0.3 is 4.57 Å². The molecule has 0 unspecified atom stereocenters. The van der Waals surface area contributed by atoms with Crippen molar-refractivity contribution in [1.82, 2.24) is 4.57 Å². The number of rotatable bonds is 3. The third-order valence-electron chi connectivity index (χ3n) is 3.24. The average Bonchev–Trinajstić information content (AvgIpc) is 2.85. The molecule has 0 spiro atoms. The summed E-state index contributed by atoms with van der Waals surface area (Å²) < 4.78 is 5.00. The molecule has 0 N–H and O–H groups in total. The SMILES string of the molecule is C=CCn1c(=NC(=O)c2ccc(Br)cc2)sc2cc(Br)ccc21. The van der Waals surface area contributed by atoms with Gasteiger partial charge in [0.1, 0.15) is 0 Å². The highest BCUT2D eigenvalue weighted by molar-refractivity contribution is 9.10. The first-order valence-electron chi connectivity index (χ1n) is 6.83. The van der Waals surface area contributed by atoms with E-state index in [1.54, 1.807) is 18.2 Å². The molecule has 0 aliphatic rings.